The minimum absolute atomic E-state index is 0.0215. The van der Waals surface area contributed by atoms with Gasteiger partial charge in [0.05, 0.1) is 11.8 Å². The van der Waals surface area contributed by atoms with Crippen LogP contribution in [0.3, 0.4) is 0 Å². The Morgan fingerprint density at radius 1 is 1.46 bits per heavy atom. The Kier molecular flexibility index (Phi) is 5.94. The highest BCUT2D eigenvalue weighted by Crippen LogP contribution is 2.25. The lowest BCUT2D eigenvalue weighted by Crippen LogP contribution is -2.69. The van der Waals surface area contributed by atoms with Crippen molar-refractivity contribution in [3.8, 4) is 0 Å². The summed E-state index contributed by atoms with van der Waals surface area (Å²) >= 11 is 12.6. The molecular weight excluding hydrogens is 405 g/mol. The van der Waals surface area contributed by atoms with Crippen molar-refractivity contribution in [2.75, 3.05) is 5.75 Å². The number of carbonyl (C=O) groups excluding carboxylic acids is 2. The van der Waals surface area contributed by atoms with E-state index in [1.54, 1.807) is 0 Å². The number of nitrogens with zero attached hydrogens (tertiary/aromatic N) is 2. The number of halogens is 2. The molecule has 13 heteroatoms. The zero-order valence-electron chi connectivity index (χ0n) is 12.0. The van der Waals surface area contributed by atoms with E-state index in [4.69, 9.17) is 27.8 Å². The first-order valence-electron chi connectivity index (χ1n) is 6.32. The maximum atomic E-state index is 11.9. The highest BCUT2D eigenvalue weighted by Gasteiger charge is 2.48. The molecule has 1 aromatic heterocycles. The predicted molar refractivity (Wildman–Crippen MR) is 85.9 cm³/mol. The topological polar surface area (TPSA) is 126 Å². The zero-order chi connectivity index (χ0) is 18.1. The number of rotatable bonds is 6. The molecule has 2 heterocycles. The number of hydrogen-bond donors (Lipinski definition) is 2. The fourth-order valence-corrected chi connectivity index (χ4v) is 3.65. The van der Waals surface area contributed by atoms with Crippen molar-refractivity contribution in [1.29, 1.82) is 0 Å². The van der Waals surface area contributed by atoms with Gasteiger partial charge >= 0.3 is 10.4 Å². The Bertz CT molecular complexity index is 755. The number of nitrogens with one attached hydrogen (secondary N) is 1. The molecule has 0 aromatic carbocycles. The van der Waals surface area contributed by atoms with Crippen LogP contribution in [-0.4, -0.2) is 52.7 Å². The van der Waals surface area contributed by atoms with Crippen LogP contribution in [0.25, 0.3) is 0 Å². The molecule has 0 saturated carbocycles. The lowest BCUT2D eigenvalue weighted by Gasteiger charge is -2.42. The first kappa shape index (κ1) is 19.2. The summed E-state index contributed by atoms with van der Waals surface area (Å²) in [4.78, 5) is 28.0. The van der Waals surface area contributed by atoms with Crippen LogP contribution in [0.4, 0.5) is 0 Å². The van der Waals surface area contributed by atoms with Gasteiger partial charge in [-0.2, -0.15) is 13.5 Å². The maximum Gasteiger partial charge on any atom is 0.418 e. The van der Waals surface area contributed by atoms with E-state index in [-0.39, 0.29) is 16.1 Å². The molecule has 9 nitrogen and oxygen atoms in total. The molecule has 132 valence electrons. The highest BCUT2D eigenvalue weighted by atomic mass is 35.5. The molecule has 2 rings (SSSR count). The molecule has 2 amide bonds. The first-order chi connectivity index (χ1) is 11.1. The Balaban J connectivity index is 1.86. The quantitative estimate of drug-likeness (QED) is 0.304. The van der Waals surface area contributed by atoms with Crippen molar-refractivity contribution in [2.45, 2.75) is 23.9 Å². The summed E-state index contributed by atoms with van der Waals surface area (Å²) in [5, 5.41) is 3.28. The number of thioether (sulfide) groups is 1. The second kappa shape index (κ2) is 7.42. The Labute approximate surface area is 151 Å². The molecule has 2 atom stereocenters. The standard InChI is InChI=1S/C11H11Cl2N3O6S2/c1-5-10(11(18)16(5)22-24(19,20)21)15-9(17)4-23-6-2-7(12)14-8(13)3-6/h2-3,5,10H,4H2,1H3,(H,15,17)(H,19,20,21)/t5-,10+/m1/s1. The lowest BCUT2D eigenvalue weighted by atomic mass is 10.0. The monoisotopic (exact) mass is 415 g/mol. The van der Waals surface area contributed by atoms with Crippen molar-refractivity contribution in [3.63, 3.8) is 0 Å². The van der Waals surface area contributed by atoms with Gasteiger partial charge in [0, 0.05) is 4.90 Å². The SMILES string of the molecule is C[C@@H]1[C@H](NC(=O)CSc2cc(Cl)nc(Cl)c2)C(=O)N1OS(=O)(=O)O. The Morgan fingerprint density at radius 3 is 2.54 bits per heavy atom. The molecule has 0 aliphatic carbocycles. The van der Waals surface area contributed by atoms with E-state index in [2.05, 4.69) is 14.6 Å². The van der Waals surface area contributed by atoms with Crippen molar-refractivity contribution in [2.24, 2.45) is 0 Å². The molecule has 0 bridgehead atoms. The van der Waals surface area contributed by atoms with E-state index < -0.39 is 34.3 Å². The Hall–Kier alpha value is -1.11. The maximum absolute atomic E-state index is 11.9. The van der Waals surface area contributed by atoms with Gasteiger partial charge in [-0.15, -0.1) is 16.0 Å². The summed E-state index contributed by atoms with van der Waals surface area (Å²) in [6.07, 6.45) is 0. The van der Waals surface area contributed by atoms with Crippen molar-refractivity contribution < 1.29 is 26.8 Å². The van der Waals surface area contributed by atoms with E-state index in [0.717, 1.165) is 11.8 Å². The molecule has 1 aliphatic rings. The second-order valence-electron chi connectivity index (χ2n) is 4.69. The van der Waals surface area contributed by atoms with Crippen LogP contribution in [0.2, 0.25) is 10.3 Å². The van der Waals surface area contributed by atoms with Gasteiger partial charge in [-0.3, -0.25) is 14.1 Å². The van der Waals surface area contributed by atoms with Crippen molar-refractivity contribution >= 4 is 57.2 Å². The molecule has 1 aliphatic heterocycles. The van der Waals surface area contributed by atoms with Crippen LogP contribution >= 0.6 is 35.0 Å². The van der Waals surface area contributed by atoms with Crippen LogP contribution in [0.1, 0.15) is 6.92 Å². The summed E-state index contributed by atoms with van der Waals surface area (Å²) in [6.45, 7) is 1.45. The molecule has 1 aromatic rings. The van der Waals surface area contributed by atoms with E-state index in [0.29, 0.717) is 9.96 Å². The highest BCUT2D eigenvalue weighted by molar-refractivity contribution is 8.00. The van der Waals surface area contributed by atoms with E-state index in [9.17, 15) is 18.0 Å². The van der Waals surface area contributed by atoms with Crippen LogP contribution in [-0.2, 0) is 24.3 Å². The molecule has 1 saturated heterocycles. The van der Waals surface area contributed by atoms with E-state index in [1.807, 2.05) is 0 Å². The molecule has 2 N–H and O–H groups in total. The average molecular weight is 416 g/mol. The summed E-state index contributed by atoms with van der Waals surface area (Å²) in [5.74, 6) is -1.26. The minimum Gasteiger partial charge on any atom is -0.342 e. The van der Waals surface area contributed by atoms with Gasteiger partial charge < -0.3 is 5.32 Å². The van der Waals surface area contributed by atoms with Gasteiger partial charge in [0.25, 0.3) is 5.91 Å². The summed E-state index contributed by atoms with van der Waals surface area (Å²) < 4.78 is 33.8. The van der Waals surface area contributed by atoms with Crippen LogP contribution in [0.5, 0.6) is 0 Å². The average Bonchev–Trinajstić information content (AvgIpc) is 2.46. The largest absolute Gasteiger partial charge is 0.418 e. The fourth-order valence-electron chi connectivity index (χ4n) is 1.88. The molecule has 0 unspecified atom stereocenters. The molecule has 1 fully saturated rings. The number of amides is 2. The molecule has 0 radical (unpaired) electrons. The van der Waals surface area contributed by atoms with Crippen molar-refractivity contribution in [1.82, 2.24) is 15.4 Å². The van der Waals surface area contributed by atoms with Gasteiger partial charge in [-0.25, -0.2) is 4.98 Å². The van der Waals surface area contributed by atoms with Crippen molar-refractivity contribution in [3.05, 3.63) is 22.4 Å². The van der Waals surface area contributed by atoms with Gasteiger partial charge in [-0.05, 0) is 19.1 Å². The second-order valence-corrected chi connectivity index (χ2v) is 7.52. The summed E-state index contributed by atoms with van der Waals surface area (Å²) in [6, 6.07) is 1.37. The van der Waals surface area contributed by atoms with Gasteiger partial charge in [0.1, 0.15) is 16.3 Å². The number of aromatic nitrogens is 1. The number of hydroxylamine groups is 2. The van der Waals surface area contributed by atoms with Crippen LogP contribution in [0, 0.1) is 0 Å². The van der Waals surface area contributed by atoms with E-state index >= 15 is 0 Å². The number of pyridine rings is 1. The lowest BCUT2D eigenvalue weighted by molar-refractivity contribution is -0.196. The number of β-lactam (4-membered cyclic amide) rings is 1. The zero-order valence-corrected chi connectivity index (χ0v) is 15.1. The van der Waals surface area contributed by atoms with Crippen LogP contribution in [0.15, 0.2) is 17.0 Å². The number of carbonyl (C=O) groups is 2. The van der Waals surface area contributed by atoms with Crippen LogP contribution < -0.4 is 5.32 Å². The number of hydrogen-bond acceptors (Lipinski definition) is 7. The molecule has 24 heavy (non-hydrogen) atoms. The van der Waals surface area contributed by atoms with Gasteiger partial charge in [0.15, 0.2) is 0 Å². The Morgan fingerprint density at radius 2 is 2.04 bits per heavy atom. The van der Waals surface area contributed by atoms with Gasteiger partial charge in [0.2, 0.25) is 5.91 Å². The normalized spacial score (nSPS) is 20.7. The third kappa shape index (κ3) is 4.94. The predicted octanol–water partition coefficient (Wildman–Crippen LogP) is 0.930. The minimum atomic E-state index is -4.80. The third-order valence-corrected chi connectivity index (χ3v) is 4.64. The summed E-state index contributed by atoms with van der Waals surface area (Å²) in [5.41, 5.74) is 0. The third-order valence-electron chi connectivity index (χ3n) is 2.93. The molecule has 0 spiro atoms. The summed E-state index contributed by atoms with van der Waals surface area (Å²) in [7, 11) is -4.80. The fraction of sp³-hybridized carbons (Fsp3) is 0.364. The smallest absolute Gasteiger partial charge is 0.342 e. The molecular formula is C11H11Cl2N3O6S2. The van der Waals surface area contributed by atoms with Gasteiger partial charge in [-0.1, -0.05) is 23.2 Å². The first-order valence-corrected chi connectivity index (χ1v) is 9.43. The van der Waals surface area contributed by atoms with E-state index in [1.165, 1.54) is 19.1 Å².